The highest BCUT2D eigenvalue weighted by atomic mass is 35.5. The quantitative estimate of drug-likeness (QED) is 0.200. The number of esters is 1. The van der Waals surface area contributed by atoms with Crippen molar-refractivity contribution in [3.8, 4) is 0 Å². The molecule has 0 aromatic heterocycles. The molecule has 2 aromatic rings. The molecule has 0 unspecified atom stereocenters. The van der Waals surface area contributed by atoms with E-state index >= 15 is 0 Å². The number of nitrogens with one attached hydrogen (secondary N) is 1. The maximum absolute atomic E-state index is 13.0. The molecule has 0 aliphatic heterocycles. The lowest BCUT2D eigenvalue weighted by atomic mass is 9.95. The number of benzene rings is 2. The third-order valence-corrected chi connectivity index (χ3v) is 5.04. The number of carbonyl (C=O) groups is 2. The zero-order valence-corrected chi connectivity index (χ0v) is 15.7. The van der Waals surface area contributed by atoms with Crippen LogP contribution < -0.4 is 16.4 Å². The first kappa shape index (κ1) is 21.2. The van der Waals surface area contributed by atoms with Crippen molar-refractivity contribution in [2.24, 2.45) is 11.0 Å². The van der Waals surface area contributed by atoms with E-state index in [4.69, 9.17) is 22.6 Å². The summed E-state index contributed by atoms with van der Waals surface area (Å²) in [5.41, 5.74) is -0.333. The maximum Gasteiger partial charge on any atom is 0.338 e. The van der Waals surface area contributed by atoms with Gasteiger partial charge in [-0.25, -0.2) is 18.4 Å². The van der Waals surface area contributed by atoms with Crippen LogP contribution in [-0.2, 0) is 14.8 Å². The second-order valence-corrected chi connectivity index (χ2v) is 7.23. The van der Waals surface area contributed by atoms with Gasteiger partial charge >= 0.3 is 11.7 Å². The number of nitrogens with two attached hydrogens (primary N) is 2. The molecule has 0 radical (unpaired) electrons. The van der Waals surface area contributed by atoms with E-state index in [2.05, 4.69) is 10.2 Å². The van der Waals surface area contributed by atoms with Gasteiger partial charge in [-0.3, -0.25) is 20.8 Å². The van der Waals surface area contributed by atoms with Gasteiger partial charge in [0.25, 0.3) is 0 Å². The number of methoxy groups -OCH3 is 1. The number of ketones is 1. The molecule has 0 heterocycles. The van der Waals surface area contributed by atoms with Gasteiger partial charge in [-0.05, 0) is 30.3 Å². The summed E-state index contributed by atoms with van der Waals surface area (Å²) in [6.07, 6.45) is 0. The molecule has 0 spiro atoms. The molecule has 13 heteroatoms. The number of nitro benzene ring substituents is 1. The first-order chi connectivity index (χ1) is 13.0. The number of hydrazine groups is 1. The highest BCUT2D eigenvalue weighted by Gasteiger charge is 2.32. The van der Waals surface area contributed by atoms with Crippen LogP contribution in [0.4, 0.5) is 11.4 Å². The molecule has 11 nitrogen and oxygen atoms in total. The van der Waals surface area contributed by atoms with Crippen molar-refractivity contribution >= 4 is 44.8 Å². The average Bonchev–Trinajstić information content (AvgIpc) is 2.64. The summed E-state index contributed by atoms with van der Waals surface area (Å²) in [5, 5.41) is 16.4. The molecule has 148 valence electrons. The van der Waals surface area contributed by atoms with Crippen LogP contribution in [0, 0.1) is 10.1 Å². The second kappa shape index (κ2) is 7.90. The molecule has 0 amide bonds. The molecule has 0 aliphatic carbocycles. The van der Waals surface area contributed by atoms with Crippen molar-refractivity contribution in [1.82, 2.24) is 0 Å². The third kappa shape index (κ3) is 3.94. The summed E-state index contributed by atoms with van der Waals surface area (Å²) in [6.45, 7) is 0. The van der Waals surface area contributed by atoms with Crippen molar-refractivity contribution in [2.75, 3.05) is 12.5 Å². The minimum Gasteiger partial charge on any atom is -0.465 e. The number of halogens is 1. The van der Waals surface area contributed by atoms with Gasteiger partial charge in [0.05, 0.1) is 22.6 Å². The SMILES string of the molecule is COC(=O)c1ccc(NN)c([N+](=O)[O-])c1C(=O)c1ccc(Cl)c(S(N)(=O)=O)c1. The molecule has 28 heavy (non-hydrogen) atoms. The Kier molecular flexibility index (Phi) is 5.99. The van der Waals surface area contributed by atoms with Crippen LogP contribution in [0.25, 0.3) is 0 Å². The van der Waals surface area contributed by atoms with Crippen LogP contribution in [0.3, 0.4) is 0 Å². The van der Waals surface area contributed by atoms with E-state index in [1.165, 1.54) is 0 Å². The Morgan fingerprint density at radius 2 is 1.89 bits per heavy atom. The number of rotatable bonds is 6. The van der Waals surface area contributed by atoms with Crippen LogP contribution in [0.15, 0.2) is 35.2 Å². The van der Waals surface area contributed by atoms with Crippen molar-refractivity contribution in [3.63, 3.8) is 0 Å². The van der Waals surface area contributed by atoms with Crippen molar-refractivity contribution in [3.05, 3.63) is 62.2 Å². The Morgan fingerprint density at radius 1 is 1.25 bits per heavy atom. The summed E-state index contributed by atoms with van der Waals surface area (Å²) < 4.78 is 27.8. The summed E-state index contributed by atoms with van der Waals surface area (Å²) in [4.78, 5) is 35.1. The number of ether oxygens (including phenoxy) is 1. The number of sulfonamides is 1. The van der Waals surface area contributed by atoms with E-state index in [-0.39, 0.29) is 16.3 Å². The van der Waals surface area contributed by atoms with Gasteiger partial charge in [0.2, 0.25) is 15.8 Å². The molecule has 2 rings (SSSR count). The molecule has 2 aromatic carbocycles. The number of nitrogen functional groups attached to an aromatic ring is 1. The van der Waals surface area contributed by atoms with E-state index in [9.17, 15) is 28.1 Å². The Hall–Kier alpha value is -3.06. The van der Waals surface area contributed by atoms with E-state index in [0.29, 0.717) is 0 Å². The number of nitro groups is 1. The number of hydrogen-bond acceptors (Lipinski definition) is 9. The van der Waals surface area contributed by atoms with Crippen LogP contribution in [-0.4, -0.2) is 32.2 Å². The van der Waals surface area contributed by atoms with Gasteiger partial charge < -0.3 is 10.2 Å². The molecule has 0 atom stereocenters. The van der Waals surface area contributed by atoms with Gasteiger partial charge in [0, 0.05) is 5.56 Å². The van der Waals surface area contributed by atoms with E-state index in [0.717, 1.165) is 37.4 Å². The fourth-order valence-electron chi connectivity index (χ4n) is 2.41. The smallest absolute Gasteiger partial charge is 0.338 e. The number of nitrogens with zero attached hydrogens (tertiary/aromatic N) is 1. The van der Waals surface area contributed by atoms with Crippen molar-refractivity contribution in [1.29, 1.82) is 0 Å². The standard InChI is InChI=1S/C15H13ClN4O7S/c1-27-15(22)8-3-5-10(19-17)13(20(23)24)12(8)14(21)7-2-4-9(16)11(6-7)28(18,25)26/h2-6,19H,17H2,1H3,(H2,18,25,26). The molecule has 0 fully saturated rings. The van der Waals surface area contributed by atoms with Gasteiger partial charge in [-0.15, -0.1) is 0 Å². The zero-order valence-electron chi connectivity index (χ0n) is 14.1. The Bertz CT molecular complexity index is 1100. The minimum absolute atomic E-state index is 0.248. The lowest BCUT2D eigenvalue weighted by Crippen LogP contribution is -2.18. The Morgan fingerprint density at radius 3 is 2.39 bits per heavy atom. The second-order valence-electron chi connectivity index (χ2n) is 5.30. The largest absolute Gasteiger partial charge is 0.465 e. The summed E-state index contributed by atoms with van der Waals surface area (Å²) in [6, 6.07) is 5.31. The fourth-order valence-corrected chi connectivity index (χ4v) is 3.49. The van der Waals surface area contributed by atoms with E-state index in [1.807, 2.05) is 0 Å². The number of carbonyl (C=O) groups excluding carboxylic acids is 2. The van der Waals surface area contributed by atoms with E-state index < -0.39 is 48.4 Å². The molecule has 0 saturated heterocycles. The fraction of sp³-hybridized carbons (Fsp3) is 0.0667. The van der Waals surface area contributed by atoms with Crippen LogP contribution in [0.5, 0.6) is 0 Å². The van der Waals surface area contributed by atoms with Crippen LogP contribution >= 0.6 is 11.6 Å². The zero-order chi connectivity index (χ0) is 21.2. The van der Waals surface area contributed by atoms with Crippen LogP contribution in [0.2, 0.25) is 5.02 Å². The Labute approximate surface area is 163 Å². The van der Waals surface area contributed by atoms with Gasteiger partial charge in [-0.1, -0.05) is 11.6 Å². The number of anilines is 1. The predicted molar refractivity (Wildman–Crippen MR) is 98.5 cm³/mol. The highest BCUT2D eigenvalue weighted by Crippen LogP contribution is 2.34. The van der Waals surface area contributed by atoms with Crippen LogP contribution in [0.1, 0.15) is 26.3 Å². The molecule has 5 N–H and O–H groups in total. The van der Waals surface area contributed by atoms with Gasteiger partial charge in [0.1, 0.15) is 16.1 Å². The first-order valence-electron chi connectivity index (χ1n) is 7.26. The minimum atomic E-state index is -4.28. The molecular formula is C15H13ClN4O7S. The molecule has 0 bridgehead atoms. The molecule has 0 saturated carbocycles. The predicted octanol–water partition coefficient (Wildman–Crippen LogP) is 1.20. The lowest BCUT2D eigenvalue weighted by molar-refractivity contribution is -0.384. The van der Waals surface area contributed by atoms with Crippen molar-refractivity contribution < 1.29 is 27.7 Å². The summed E-state index contributed by atoms with van der Waals surface area (Å²) in [5.74, 6) is 3.21. The lowest BCUT2D eigenvalue weighted by Gasteiger charge is -2.12. The topological polar surface area (TPSA) is 185 Å². The first-order valence-corrected chi connectivity index (χ1v) is 9.18. The van der Waals surface area contributed by atoms with E-state index in [1.54, 1.807) is 0 Å². The number of hydrogen-bond donors (Lipinski definition) is 3. The average molecular weight is 429 g/mol. The van der Waals surface area contributed by atoms with Crippen molar-refractivity contribution in [2.45, 2.75) is 4.90 Å². The Balaban J connectivity index is 2.84. The van der Waals surface area contributed by atoms with Gasteiger partial charge in [0.15, 0.2) is 0 Å². The van der Waals surface area contributed by atoms with Gasteiger partial charge in [-0.2, -0.15) is 0 Å². The third-order valence-electron chi connectivity index (χ3n) is 3.65. The monoisotopic (exact) mass is 428 g/mol. The molecule has 0 aliphatic rings. The summed E-state index contributed by atoms with van der Waals surface area (Å²) >= 11 is 5.79. The maximum atomic E-state index is 13.0. The highest BCUT2D eigenvalue weighted by molar-refractivity contribution is 7.89. The normalized spacial score (nSPS) is 11.0. The summed E-state index contributed by atoms with van der Waals surface area (Å²) in [7, 11) is -3.26. The molecular weight excluding hydrogens is 416 g/mol. The number of primary sulfonamides is 1.